The lowest BCUT2D eigenvalue weighted by molar-refractivity contribution is -0.137. The van der Waals surface area contributed by atoms with Crippen molar-refractivity contribution in [3.05, 3.63) is 60.2 Å². The maximum absolute atomic E-state index is 12.5. The lowest BCUT2D eigenvalue weighted by Gasteiger charge is -2.26. The van der Waals surface area contributed by atoms with Crippen LogP contribution >= 0.6 is 0 Å². The Balaban J connectivity index is 1.65. The average Bonchev–Trinajstić information content (AvgIpc) is 2.73. The van der Waals surface area contributed by atoms with E-state index < -0.39 is 0 Å². The molecule has 0 aliphatic carbocycles. The predicted octanol–water partition coefficient (Wildman–Crippen LogP) is 3.45. The molecule has 27 heavy (non-hydrogen) atoms. The van der Waals surface area contributed by atoms with Crippen molar-refractivity contribution < 1.29 is 14.3 Å². The smallest absolute Gasteiger partial charge is 0.260 e. The SMILES string of the molecule is Cc1ccc2nc(-c3ccccc3)cc(OCC(=O)N3CCOCC3)c2c1. The number of hydrogen-bond acceptors (Lipinski definition) is 4. The summed E-state index contributed by atoms with van der Waals surface area (Å²) >= 11 is 0. The first-order chi connectivity index (χ1) is 13.2. The number of hydrogen-bond donors (Lipinski definition) is 0. The van der Waals surface area contributed by atoms with Crippen LogP contribution in [0.2, 0.25) is 0 Å². The summed E-state index contributed by atoms with van der Waals surface area (Å²) in [7, 11) is 0. The van der Waals surface area contributed by atoms with Crippen molar-refractivity contribution in [2.75, 3.05) is 32.9 Å². The van der Waals surface area contributed by atoms with E-state index in [0.29, 0.717) is 32.1 Å². The van der Waals surface area contributed by atoms with Gasteiger partial charge < -0.3 is 14.4 Å². The van der Waals surface area contributed by atoms with Gasteiger partial charge in [0.05, 0.1) is 24.4 Å². The van der Waals surface area contributed by atoms with E-state index in [4.69, 9.17) is 14.5 Å². The molecule has 1 aliphatic heterocycles. The summed E-state index contributed by atoms with van der Waals surface area (Å²) in [5, 5.41) is 0.921. The molecule has 1 saturated heterocycles. The van der Waals surface area contributed by atoms with Crippen LogP contribution in [0.25, 0.3) is 22.2 Å². The van der Waals surface area contributed by atoms with Gasteiger partial charge in [-0.3, -0.25) is 4.79 Å². The summed E-state index contributed by atoms with van der Waals surface area (Å²) in [6.07, 6.45) is 0. The third kappa shape index (κ3) is 3.93. The minimum absolute atomic E-state index is 0.0152. The van der Waals surface area contributed by atoms with Gasteiger partial charge in [-0.1, -0.05) is 42.0 Å². The largest absolute Gasteiger partial charge is 0.483 e. The van der Waals surface area contributed by atoms with Crippen LogP contribution < -0.4 is 4.74 Å². The van der Waals surface area contributed by atoms with E-state index in [-0.39, 0.29) is 12.5 Å². The summed E-state index contributed by atoms with van der Waals surface area (Å²) in [4.78, 5) is 19.0. The topological polar surface area (TPSA) is 51.7 Å². The molecule has 5 nitrogen and oxygen atoms in total. The van der Waals surface area contributed by atoms with Gasteiger partial charge in [0.15, 0.2) is 6.61 Å². The zero-order valence-electron chi connectivity index (χ0n) is 15.4. The van der Waals surface area contributed by atoms with E-state index in [1.807, 2.05) is 61.5 Å². The molecule has 1 aromatic heterocycles. The van der Waals surface area contributed by atoms with Crippen LogP contribution in [0.3, 0.4) is 0 Å². The van der Waals surface area contributed by atoms with Gasteiger partial charge in [0.1, 0.15) is 5.75 Å². The fourth-order valence-electron chi connectivity index (χ4n) is 3.23. The van der Waals surface area contributed by atoms with E-state index in [0.717, 1.165) is 27.7 Å². The second kappa shape index (κ2) is 7.76. The summed E-state index contributed by atoms with van der Waals surface area (Å²) < 4.78 is 11.3. The molecule has 138 valence electrons. The monoisotopic (exact) mass is 362 g/mol. The quantitative estimate of drug-likeness (QED) is 0.713. The van der Waals surface area contributed by atoms with Crippen molar-refractivity contribution in [1.82, 2.24) is 9.88 Å². The number of rotatable bonds is 4. The normalized spacial score (nSPS) is 14.3. The number of aromatic nitrogens is 1. The van der Waals surface area contributed by atoms with Gasteiger partial charge in [0, 0.05) is 30.1 Å². The number of benzene rings is 2. The van der Waals surface area contributed by atoms with Gasteiger partial charge in [0.25, 0.3) is 5.91 Å². The summed E-state index contributed by atoms with van der Waals surface area (Å²) in [6, 6.07) is 18.0. The molecule has 4 rings (SSSR count). The van der Waals surface area contributed by atoms with Gasteiger partial charge in [-0.25, -0.2) is 4.98 Å². The first-order valence-corrected chi connectivity index (χ1v) is 9.16. The average molecular weight is 362 g/mol. The molecule has 0 radical (unpaired) electrons. The number of carbonyl (C=O) groups is 1. The molecule has 0 unspecified atom stereocenters. The van der Waals surface area contributed by atoms with Crippen LogP contribution in [0.4, 0.5) is 0 Å². The number of nitrogens with zero attached hydrogens (tertiary/aromatic N) is 2. The molecule has 0 saturated carbocycles. The molecular formula is C22H22N2O3. The highest BCUT2D eigenvalue weighted by Gasteiger charge is 2.18. The fourth-order valence-corrected chi connectivity index (χ4v) is 3.23. The predicted molar refractivity (Wildman–Crippen MR) is 105 cm³/mol. The summed E-state index contributed by atoms with van der Waals surface area (Å²) in [6.45, 7) is 4.46. The third-order valence-electron chi connectivity index (χ3n) is 4.71. The molecule has 1 amide bonds. The minimum atomic E-state index is -0.0165. The molecular weight excluding hydrogens is 340 g/mol. The molecule has 1 fully saturated rings. The van der Waals surface area contributed by atoms with Crippen LogP contribution in [0.5, 0.6) is 5.75 Å². The Bertz CT molecular complexity index is 950. The van der Waals surface area contributed by atoms with Crippen LogP contribution in [-0.2, 0) is 9.53 Å². The van der Waals surface area contributed by atoms with Gasteiger partial charge in [0.2, 0.25) is 0 Å². The van der Waals surface area contributed by atoms with E-state index in [9.17, 15) is 4.79 Å². The number of ether oxygens (including phenoxy) is 2. The summed E-state index contributed by atoms with van der Waals surface area (Å²) in [5.74, 6) is 0.668. The zero-order chi connectivity index (χ0) is 18.6. The number of aryl methyl sites for hydroxylation is 1. The number of morpholine rings is 1. The Kier molecular flexibility index (Phi) is 5.03. The number of amides is 1. The lowest BCUT2D eigenvalue weighted by Crippen LogP contribution is -2.43. The summed E-state index contributed by atoms with van der Waals surface area (Å²) in [5.41, 5.74) is 3.84. The van der Waals surface area contributed by atoms with Crippen LogP contribution in [-0.4, -0.2) is 48.7 Å². The van der Waals surface area contributed by atoms with Gasteiger partial charge in [-0.2, -0.15) is 0 Å². The third-order valence-corrected chi connectivity index (χ3v) is 4.71. The second-order valence-electron chi connectivity index (χ2n) is 6.67. The van der Waals surface area contributed by atoms with Crippen molar-refractivity contribution in [2.24, 2.45) is 0 Å². The van der Waals surface area contributed by atoms with Crippen LogP contribution in [0, 0.1) is 6.92 Å². The van der Waals surface area contributed by atoms with Crippen LogP contribution in [0.15, 0.2) is 54.6 Å². The Morgan fingerprint density at radius 1 is 1.11 bits per heavy atom. The van der Waals surface area contributed by atoms with Gasteiger partial charge >= 0.3 is 0 Å². The first-order valence-electron chi connectivity index (χ1n) is 9.16. The molecule has 0 spiro atoms. The highest BCUT2D eigenvalue weighted by molar-refractivity contribution is 5.89. The van der Waals surface area contributed by atoms with Crippen molar-refractivity contribution in [1.29, 1.82) is 0 Å². The van der Waals surface area contributed by atoms with E-state index in [1.165, 1.54) is 0 Å². The minimum Gasteiger partial charge on any atom is -0.483 e. The van der Waals surface area contributed by atoms with Gasteiger partial charge in [-0.15, -0.1) is 0 Å². The van der Waals surface area contributed by atoms with Crippen molar-refractivity contribution >= 4 is 16.8 Å². The van der Waals surface area contributed by atoms with Crippen LogP contribution in [0.1, 0.15) is 5.56 Å². The maximum Gasteiger partial charge on any atom is 0.260 e. The number of carbonyl (C=O) groups excluding carboxylic acids is 1. The standard InChI is InChI=1S/C22H22N2O3/c1-16-7-8-19-18(13-16)21(14-20(23-19)17-5-3-2-4-6-17)27-15-22(25)24-9-11-26-12-10-24/h2-8,13-14H,9-12,15H2,1H3. The number of fused-ring (bicyclic) bond motifs is 1. The molecule has 2 aromatic carbocycles. The molecule has 0 bridgehead atoms. The molecule has 3 aromatic rings. The second-order valence-corrected chi connectivity index (χ2v) is 6.67. The Morgan fingerprint density at radius 3 is 2.67 bits per heavy atom. The molecule has 0 N–H and O–H groups in total. The van der Waals surface area contributed by atoms with E-state index >= 15 is 0 Å². The molecule has 1 aliphatic rings. The molecule has 0 atom stereocenters. The Morgan fingerprint density at radius 2 is 1.89 bits per heavy atom. The molecule has 2 heterocycles. The highest BCUT2D eigenvalue weighted by Crippen LogP contribution is 2.30. The first kappa shape index (κ1) is 17.5. The number of pyridine rings is 1. The Hall–Kier alpha value is -2.92. The van der Waals surface area contributed by atoms with Crippen molar-refractivity contribution in [3.8, 4) is 17.0 Å². The van der Waals surface area contributed by atoms with E-state index in [1.54, 1.807) is 4.90 Å². The lowest BCUT2D eigenvalue weighted by atomic mass is 10.1. The van der Waals surface area contributed by atoms with Crippen molar-refractivity contribution in [3.63, 3.8) is 0 Å². The Labute approximate surface area is 158 Å². The molecule has 5 heteroatoms. The zero-order valence-corrected chi connectivity index (χ0v) is 15.4. The highest BCUT2D eigenvalue weighted by atomic mass is 16.5. The fraction of sp³-hybridized carbons (Fsp3) is 0.273. The van der Waals surface area contributed by atoms with E-state index in [2.05, 4.69) is 0 Å². The van der Waals surface area contributed by atoms with Crippen molar-refractivity contribution in [2.45, 2.75) is 6.92 Å². The maximum atomic E-state index is 12.5. The van der Waals surface area contributed by atoms with Gasteiger partial charge in [-0.05, 0) is 19.1 Å².